The summed E-state index contributed by atoms with van der Waals surface area (Å²) in [6, 6.07) is 10.8. The maximum atomic E-state index is 13.3. The molecule has 5 nitrogen and oxygen atoms in total. The quantitative estimate of drug-likeness (QED) is 0.735. The summed E-state index contributed by atoms with van der Waals surface area (Å²) in [5.41, 5.74) is 0.582. The second-order valence-electron chi connectivity index (χ2n) is 8.69. The normalized spacial score (nSPS) is 24.8. The van der Waals surface area contributed by atoms with Gasteiger partial charge in [-0.1, -0.05) is 37.3 Å². The fourth-order valence-corrected chi connectivity index (χ4v) is 4.86. The van der Waals surface area contributed by atoms with E-state index < -0.39 is 5.41 Å². The van der Waals surface area contributed by atoms with Gasteiger partial charge in [-0.3, -0.25) is 14.5 Å². The summed E-state index contributed by atoms with van der Waals surface area (Å²) in [6.07, 6.45) is 5.83. The van der Waals surface area contributed by atoms with Crippen molar-refractivity contribution < 1.29 is 9.59 Å². The Balaban J connectivity index is 1.35. The summed E-state index contributed by atoms with van der Waals surface area (Å²) in [6.45, 7) is 7.15. The molecule has 1 aromatic carbocycles. The fourth-order valence-electron chi connectivity index (χ4n) is 4.86. The van der Waals surface area contributed by atoms with Crippen LogP contribution in [0.3, 0.4) is 0 Å². The van der Waals surface area contributed by atoms with Gasteiger partial charge in [0.25, 0.3) is 0 Å². The van der Waals surface area contributed by atoms with Crippen molar-refractivity contribution in [1.82, 2.24) is 14.7 Å². The van der Waals surface area contributed by atoms with Crippen molar-refractivity contribution in [3.05, 3.63) is 35.9 Å². The molecule has 1 atom stereocenters. The van der Waals surface area contributed by atoms with Crippen LogP contribution in [0.15, 0.2) is 30.3 Å². The van der Waals surface area contributed by atoms with Crippen LogP contribution in [0.5, 0.6) is 0 Å². The zero-order chi connectivity index (χ0) is 19.6. The molecule has 2 saturated heterocycles. The maximum Gasteiger partial charge on any atom is 0.238 e. The number of hydrogen-bond acceptors (Lipinski definition) is 3. The minimum Gasteiger partial charge on any atom is -0.339 e. The molecular weight excluding hydrogens is 350 g/mol. The van der Waals surface area contributed by atoms with E-state index in [0.29, 0.717) is 6.04 Å². The van der Waals surface area contributed by atoms with Crippen molar-refractivity contribution in [2.75, 3.05) is 32.7 Å². The van der Waals surface area contributed by atoms with Gasteiger partial charge in [0.05, 0.1) is 0 Å². The van der Waals surface area contributed by atoms with Crippen molar-refractivity contribution in [2.45, 2.75) is 58.0 Å². The highest BCUT2D eigenvalue weighted by Gasteiger charge is 2.60. The Hall–Kier alpha value is -1.88. The summed E-state index contributed by atoms with van der Waals surface area (Å²) in [7, 11) is 0. The highest BCUT2D eigenvalue weighted by molar-refractivity contribution is 6.08. The summed E-state index contributed by atoms with van der Waals surface area (Å²) in [5.74, 6) is 0.216. The molecule has 1 aliphatic carbocycles. The number of amides is 2. The van der Waals surface area contributed by atoms with Crippen LogP contribution in [0, 0.1) is 5.41 Å². The highest BCUT2D eigenvalue weighted by atomic mass is 16.2. The van der Waals surface area contributed by atoms with Crippen molar-refractivity contribution >= 4 is 11.8 Å². The lowest BCUT2D eigenvalue weighted by Crippen LogP contribution is -2.55. The van der Waals surface area contributed by atoms with Gasteiger partial charge < -0.3 is 9.80 Å². The van der Waals surface area contributed by atoms with E-state index in [9.17, 15) is 9.59 Å². The molecule has 0 N–H and O–H groups in total. The lowest BCUT2D eigenvalue weighted by atomic mass is 9.95. The Labute approximate surface area is 168 Å². The average molecular weight is 384 g/mol. The first-order chi connectivity index (χ1) is 13.6. The number of rotatable bonds is 5. The van der Waals surface area contributed by atoms with E-state index in [2.05, 4.69) is 36.1 Å². The topological polar surface area (TPSA) is 43.9 Å². The molecule has 28 heavy (non-hydrogen) atoms. The van der Waals surface area contributed by atoms with Crippen LogP contribution >= 0.6 is 0 Å². The molecule has 3 aliphatic rings. The third-order valence-corrected chi connectivity index (χ3v) is 6.84. The van der Waals surface area contributed by atoms with E-state index in [4.69, 9.17) is 0 Å². The lowest BCUT2D eigenvalue weighted by Gasteiger charge is -2.40. The van der Waals surface area contributed by atoms with Crippen LogP contribution in [0.1, 0.15) is 51.0 Å². The molecule has 1 unspecified atom stereocenters. The molecule has 0 spiro atoms. The van der Waals surface area contributed by atoms with Gasteiger partial charge in [0.1, 0.15) is 5.41 Å². The van der Waals surface area contributed by atoms with E-state index in [1.807, 2.05) is 15.9 Å². The van der Waals surface area contributed by atoms with Crippen LogP contribution in [-0.4, -0.2) is 65.3 Å². The van der Waals surface area contributed by atoms with E-state index in [0.717, 1.165) is 71.4 Å². The molecule has 1 aromatic rings. The minimum absolute atomic E-state index is 0.0947. The molecule has 152 valence electrons. The third-order valence-electron chi connectivity index (χ3n) is 6.84. The molecule has 0 aromatic heterocycles. The Kier molecular flexibility index (Phi) is 5.72. The standard InChI is InChI=1S/C23H33N3O2/c1-2-20-10-6-7-13-26(20)22(28)23(11-12-23)21(27)25-16-14-24(15-17-25)18-19-8-4-3-5-9-19/h3-5,8-9,20H,2,6-7,10-18H2,1H3. The van der Waals surface area contributed by atoms with Gasteiger partial charge in [0.2, 0.25) is 11.8 Å². The van der Waals surface area contributed by atoms with E-state index in [1.165, 1.54) is 12.0 Å². The van der Waals surface area contributed by atoms with Gasteiger partial charge in [-0.25, -0.2) is 0 Å². The number of nitrogens with zero attached hydrogens (tertiary/aromatic N) is 3. The zero-order valence-electron chi connectivity index (χ0n) is 17.1. The van der Waals surface area contributed by atoms with Gasteiger partial charge >= 0.3 is 0 Å². The summed E-state index contributed by atoms with van der Waals surface area (Å²) in [4.78, 5) is 33.0. The molecule has 4 rings (SSSR count). The number of likely N-dealkylation sites (tertiary alicyclic amines) is 1. The predicted octanol–water partition coefficient (Wildman–Crippen LogP) is 2.90. The molecular formula is C23H33N3O2. The Morgan fingerprint density at radius 3 is 2.32 bits per heavy atom. The van der Waals surface area contributed by atoms with E-state index in [1.54, 1.807) is 0 Å². The lowest BCUT2D eigenvalue weighted by molar-refractivity contribution is -0.152. The highest BCUT2D eigenvalue weighted by Crippen LogP contribution is 2.49. The number of carbonyl (C=O) groups excluding carboxylic acids is 2. The molecule has 2 heterocycles. The van der Waals surface area contributed by atoms with Crippen LogP contribution in [0.4, 0.5) is 0 Å². The molecule has 1 saturated carbocycles. The maximum absolute atomic E-state index is 13.3. The van der Waals surface area contributed by atoms with Crippen molar-refractivity contribution in [2.24, 2.45) is 5.41 Å². The van der Waals surface area contributed by atoms with Crippen LogP contribution < -0.4 is 0 Å². The minimum atomic E-state index is -0.730. The number of piperidine rings is 1. The second kappa shape index (κ2) is 8.24. The van der Waals surface area contributed by atoms with Crippen LogP contribution in [0.25, 0.3) is 0 Å². The fraction of sp³-hybridized carbons (Fsp3) is 0.652. The molecule has 5 heteroatoms. The number of carbonyl (C=O) groups is 2. The van der Waals surface area contributed by atoms with Gasteiger partial charge in [-0.05, 0) is 44.1 Å². The first kappa shape index (κ1) is 19.4. The van der Waals surface area contributed by atoms with Crippen LogP contribution in [-0.2, 0) is 16.1 Å². The molecule has 3 fully saturated rings. The first-order valence-corrected chi connectivity index (χ1v) is 11.0. The van der Waals surface area contributed by atoms with Crippen molar-refractivity contribution in [1.29, 1.82) is 0 Å². The van der Waals surface area contributed by atoms with Gasteiger partial charge in [0.15, 0.2) is 0 Å². The summed E-state index contributed by atoms with van der Waals surface area (Å²) >= 11 is 0. The average Bonchev–Trinajstić information content (AvgIpc) is 3.56. The first-order valence-electron chi connectivity index (χ1n) is 11.0. The number of piperazine rings is 1. The van der Waals surface area contributed by atoms with E-state index >= 15 is 0 Å². The monoisotopic (exact) mass is 383 g/mol. The molecule has 0 bridgehead atoms. The second-order valence-corrected chi connectivity index (χ2v) is 8.69. The van der Waals surface area contributed by atoms with Gasteiger partial charge in [0, 0.05) is 45.3 Å². The third kappa shape index (κ3) is 3.82. The summed E-state index contributed by atoms with van der Waals surface area (Å²) < 4.78 is 0. The van der Waals surface area contributed by atoms with Gasteiger partial charge in [-0.2, -0.15) is 0 Å². The molecule has 0 radical (unpaired) electrons. The largest absolute Gasteiger partial charge is 0.339 e. The SMILES string of the molecule is CCC1CCCCN1C(=O)C1(C(=O)N2CCN(Cc3ccccc3)CC2)CC1. The Morgan fingerprint density at radius 2 is 1.68 bits per heavy atom. The number of hydrogen-bond donors (Lipinski definition) is 0. The van der Waals surface area contributed by atoms with Crippen molar-refractivity contribution in [3.8, 4) is 0 Å². The Bertz CT molecular complexity index is 693. The summed E-state index contributed by atoms with van der Waals surface area (Å²) in [5, 5.41) is 0. The predicted molar refractivity (Wildman–Crippen MR) is 110 cm³/mol. The van der Waals surface area contributed by atoms with Crippen molar-refractivity contribution in [3.63, 3.8) is 0 Å². The molecule has 2 amide bonds. The van der Waals surface area contributed by atoms with Gasteiger partial charge in [-0.15, -0.1) is 0 Å². The number of benzene rings is 1. The smallest absolute Gasteiger partial charge is 0.238 e. The van der Waals surface area contributed by atoms with Crippen LogP contribution in [0.2, 0.25) is 0 Å². The Morgan fingerprint density at radius 1 is 0.964 bits per heavy atom. The van der Waals surface area contributed by atoms with E-state index in [-0.39, 0.29) is 11.8 Å². The zero-order valence-corrected chi connectivity index (χ0v) is 17.1. The molecule has 2 aliphatic heterocycles.